The van der Waals surface area contributed by atoms with Crippen LogP contribution < -0.4 is 10.1 Å². The second-order valence-corrected chi connectivity index (χ2v) is 4.94. The van der Waals surface area contributed by atoms with Gasteiger partial charge in [-0.2, -0.15) is 0 Å². The summed E-state index contributed by atoms with van der Waals surface area (Å²) in [4.78, 5) is 12.1. The fraction of sp³-hybridized carbons (Fsp3) is 0.533. The summed E-state index contributed by atoms with van der Waals surface area (Å²) in [5.74, 6) is 0.948. The average Bonchev–Trinajstić information content (AvgIpc) is 2.38. The van der Waals surface area contributed by atoms with Gasteiger partial charge in [-0.15, -0.1) is 0 Å². The molecule has 1 amide bonds. The van der Waals surface area contributed by atoms with Gasteiger partial charge >= 0.3 is 0 Å². The van der Waals surface area contributed by atoms with Crippen LogP contribution in [0.3, 0.4) is 0 Å². The number of hydrogen-bond donors (Lipinski definition) is 1. The maximum atomic E-state index is 12.1. The molecule has 1 aliphatic rings. The van der Waals surface area contributed by atoms with Crippen molar-refractivity contribution in [1.82, 2.24) is 5.32 Å². The van der Waals surface area contributed by atoms with Gasteiger partial charge in [-0.25, -0.2) is 0 Å². The number of carbonyl (C=O) groups excluding carboxylic acids is 1. The molecular formula is C15H21NO2. The largest absolute Gasteiger partial charge is 0.493 e. The Morgan fingerprint density at radius 1 is 1.50 bits per heavy atom. The van der Waals surface area contributed by atoms with Gasteiger partial charge in [-0.05, 0) is 49.9 Å². The van der Waals surface area contributed by atoms with Gasteiger partial charge in [0.1, 0.15) is 5.75 Å². The smallest absolute Gasteiger partial charge is 0.251 e. The third-order valence-electron chi connectivity index (χ3n) is 3.27. The van der Waals surface area contributed by atoms with Crippen LogP contribution in [-0.2, 0) is 6.42 Å². The van der Waals surface area contributed by atoms with Crippen molar-refractivity contribution in [3.63, 3.8) is 0 Å². The molecule has 0 aliphatic carbocycles. The topological polar surface area (TPSA) is 38.3 Å². The van der Waals surface area contributed by atoms with Crippen LogP contribution in [0.15, 0.2) is 18.2 Å². The standard InChI is InChI=1S/C15H21NO2/c1-3-5-11(2)16-15(17)13-7-8-14-12(10-13)6-4-9-18-14/h7-8,10-11H,3-6,9H2,1-2H3,(H,16,17)/t11-/m0/s1. The van der Waals surface area contributed by atoms with Gasteiger partial charge in [0.05, 0.1) is 6.61 Å². The molecule has 1 heterocycles. The van der Waals surface area contributed by atoms with E-state index in [-0.39, 0.29) is 11.9 Å². The van der Waals surface area contributed by atoms with Crippen molar-refractivity contribution >= 4 is 5.91 Å². The molecule has 98 valence electrons. The summed E-state index contributed by atoms with van der Waals surface area (Å²) in [7, 11) is 0. The Kier molecular flexibility index (Phi) is 4.24. The highest BCUT2D eigenvalue weighted by Crippen LogP contribution is 2.25. The van der Waals surface area contributed by atoms with E-state index in [4.69, 9.17) is 4.74 Å². The molecule has 1 N–H and O–H groups in total. The summed E-state index contributed by atoms with van der Waals surface area (Å²) in [5, 5.41) is 3.02. The van der Waals surface area contributed by atoms with Crippen molar-refractivity contribution < 1.29 is 9.53 Å². The molecule has 3 nitrogen and oxygen atoms in total. The highest BCUT2D eigenvalue weighted by atomic mass is 16.5. The van der Waals surface area contributed by atoms with Crippen LogP contribution in [0, 0.1) is 0 Å². The maximum absolute atomic E-state index is 12.1. The monoisotopic (exact) mass is 247 g/mol. The summed E-state index contributed by atoms with van der Waals surface area (Å²) in [6, 6.07) is 5.95. The lowest BCUT2D eigenvalue weighted by Crippen LogP contribution is -2.32. The molecule has 1 aliphatic heterocycles. The Morgan fingerprint density at radius 3 is 3.11 bits per heavy atom. The molecule has 0 aromatic heterocycles. The first-order chi connectivity index (χ1) is 8.70. The van der Waals surface area contributed by atoms with Gasteiger partial charge in [0.25, 0.3) is 5.91 Å². The molecule has 18 heavy (non-hydrogen) atoms. The van der Waals surface area contributed by atoms with Crippen molar-refractivity contribution in [2.45, 2.75) is 45.6 Å². The quantitative estimate of drug-likeness (QED) is 0.888. The summed E-state index contributed by atoms with van der Waals surface area (Å²) < 4.78 is 5.55. The molecule has 1 aromatic carbocycles. The predicted octanol–water partition coefficient (Wildman–Crippen LogP) is 2.93. The molecule has 3 heteroatoms. The number of benzene rings is 1. The van der Waals surface area contributed by atoms with Crippen LogP contribution in [0.4, 0.5) is 0 Å². The minimum atomic E-state index is 0.0179. The van der Waals surface area contributed by atoms with Gasteiger partial charge in [-0.3, -0.25) is 4.79 Å². The molecule has 0 saturated heterocycles. The summed E-state index contributed by atoms with van der Waals surface area (Å²) in [5.41, 5.74) is 1.89. The third kappa shape index (κ3) is 3.03. The number of hydrogen-bond acceptors (Lipinski definition) is 2. The summed E-state index contributed by atoms with van der Waals surface area (Å²) in [6.07, 6.45) is 4.13. The number of aryl methyl sites for hydroxylation is 1. The predicted molar refractivity (Wildman–Crippen MR) is 72.1 cm³/mol. The van der Waals surface area contributed by atoms with E-state index in [1.165, 1.54) is 0 Å². The van der Waals surface area contributed by atoms with E-state index >= 15 is 0 Å². The first-order valence-electron chi connectivity index (χ1n) is 6.77. The molecule has 0 fully saturated rings. The number of nitrogens with one attached hydrogen (secondary N) is 1. The van der Waals surface area contributed by atoms with Crippen molar-refractivity contribution in [2.75, 3.05) is 6.61 Å². The number of rotatable bonds is 4. The fourth-order valence-corrected chi connectivity index (χ4v) is 2.31. The summed E-state index contributed by atoms with van der Waals surface area (Å²) >= 11 is 0. The molecule has 2 rings (SSSR count). The lowest BCUT2D eigenvalue weighted by Gasteiger charge is -2.18. The zero-order chi connectivity index (χ0) is 13.0. The van der Waals surface area contributed by atoms with Crippen LogP contribution >= 0.6 is 0 Å². The number of carbonyl (C=O) groups is 1. The zero-order valence-corrected chi connectivity index (χ0v) is 11.2. The molecule has 0 bridgehead atoms. The number of amides is 1. The molecule has 0 unspecified atom stereocenters. The van der Waals surface area contributed by atoms with E-state index in [9.17, 15) is 4.79 Å². The maximum Gasteiger partial charge on any atom is 0.251 e. The zero-order valence-electron chi connectivity index (χ0n) is 11.2. The van der Waals surface area contributed by atoms with E-state index in [0.717, 1.165) is 49.2 Å². The third-order valence-corrected chi connectivity index (χ3v) is 3.27. The minimum absolute atomic E-state index is 0.0179. The lowest BCUT2D eigenvalue weighted by molar-refractivity contribution is 0.0938. The Hall–Kier alpha value is -1.51. The lowest BCUT2D eigenvalue weighted by atomic mass is 10.0. The van der Waals surface area contributed by atoms with E-state index in [1.54, 1.807) is 0 Å². The van der Waals surface area contributed by atoms with Gasteiger partial charge < -0.3 is 10.1 Å². The summed E-state index contributed by atoms with van der Waals surface area (Å²) in [6.45, 7) is 4.95. The molecular weight excluding hydrogens is 226 g/mol. The highest BCUT2D eigenvalue weighted by molar-refractivity contribution is 5.94. The molecule has 1 atom stereocenters. The van der Waals surface area contributed by atoms with Gasteiger partial charge in [0.2, 0.25) is 0 Å². The minimum Gasteiger partial charge on any atom is -0.493 e. The highest BCUT2D eigenvalue weighted by Gasteiger charge is 2.14. The van der Waals surface area contributed by atoms with Crippen LogP contribution in [0.25, 0.3) is 0 Å². The van der Waals surface area contributed by atoms with E-state index in [1.807, 2.05) is 25.1 Å². The Labute approximate surface area is 109 Å². The molecule has 1 aromatic rings. The van der Waals surface area contributed by atoms with Crippen LogP contribution in [-0.4, -0.2) is 18.6 Å². The second kappa shape index (κ2) is 5.89. The van der Waals surface area contributed by atoms with Crippen molar-refractivity contribution in [1.29, 1.82) is 0 Å². The van der Waals surface area contributed by atoms with E-state index in [2.05, 4.69) is 12.2 Å². The molecule has 0 saturated carbocycles. The fourth-order valence-electron chi connectivity index (χ4n) is 2.31. The molecule has 0 spiro atoms. The van der Waals surface area contributed by atoms with E-state index in [0.29, 0.717) is 0 Å². The van der Waals surface area contributed by atoms with Crippen molar-refractivity contribution in [2.24, 2.45) is 0 Å². The van der Waals surface area contributed by atoms with Gasteiger partial charge in [-0.1, -0.05) is 13.3 Å². The van der Waals surface area contributed by atoms with Gasteiger partial charge in [0.15, 0.2) is 0 Å². The van der Waals surface area contributed by atoms with Crippen molar-refractivity contribution in [3.8, 4) is 5.75 Å². The average molecular weight is 247 g/mol. The Bertz CT molecular complexity index is 429. The van der Waals surface area contributed by atoms with Crippen LogP contribution in [0.5, 0.6) is 5.75 Å². The second-order valence-electron chi connectivity index (χ2n) is 4.94. The Balaban J connectivity index is 2.06. The normalized spacial score (nSPS) is 15.4. The van der Waals surface area contributed by atoms with E-state index < -0.39 is 0 Å². The number of fused-ring (bicyclic) bond motifs is 1. The van der Waals surface area contributed by atoms with Crippen molar-refractivity contribution in [3.05, 3.63) is 29.3 Å². The Morgan fingerprint density at radius 2 is 2.33 bits per heavy atom. The first-order valence-corrected chi connectivity index (χ1v) is 6.77. The first kappa shape index (κ1) is 12.9. The molecule has 0 radical (unpaired) electrons. The van der Waals surface area contributed by atoms with Gasteiger partial charge in [0, 0.05) is 11.6 Å². The van der Waals surface area contributed by atoms with Crippen LogP contribution in [0.2, 0.25) is 0 Å². The number of ether oxygens (including phenoxy) is 1. The SMILES string of the molecule is CCC[C@H](C)NC(=O)c1ccc2c(c1)CCCO2. The van der Waals surface area contributed by atoms with Crippen LogP contribution in [0.1, 0.15) is 49.0 Å².